The van der Waals surface area contributed by atoms with Crippen LogP contribution in [-0.2, 0) is 16.0 Å². The van der Waals surface area contributed by atoms with Gasteiger partial charge in [0.05, 0.1) is 17.5 Å². The van der Waals surface area contributed by atoms with Crippen LogP contribution in [0.1, 0.15) is 30.3 Å². The normalized spacial score (nSPS) is 17.2. The predicted molar refractivity (Wildman–Crippen MR) is 92.8 cm³/mol. The van der Waals surface area contributed by atoms with Crippen LogP contribution in [0.15, 0.2) is 48.5 Å². The molecule has 3 aromatic rings. The quantitative estimate of drug-likeness (QED) is 0.771. The highest BCUT2D eigenvalue weighted by molar-refractivity contribution is 5.94. The minimum absolute atomic E-state index is 0.0283. The standard InChI is InChI=1S/C19H19N3O2/c23-18(11-13-5-2-1-3-6-13)20-14-8-9-15-16(12-14)22-19(21-15)17-7-4-10-24-17/h1-3,5-6,8-9,12,17H,4,7,10-11H2,(H,20,23)(H,21,22)/t17-/m0/s1. The van der Waals surface area contributed by atoms with Crippen molar-refractivity contribution in [1.82, 2.24) is 9.97 Å². The SMILES string of the molecule is O=C(Cc1ccccc1)Nc1ccc2nc([C@@H]3CCCO3)[nH]c2c1. The number of imidazole rings is 1. The van der Waals surface area contributed by atoms with E-state index in [-0.39, 0.29) is 12.0 Å². The van der Waals surface area contributed by atoms with E-state index in [1.54, 1.807) is 0 Å². The zero-order chi connectivity index (χ0) is 16.4. The van der Waals surface area contributed by atoms with Gasteiger partial charge in [-0.15, -0.1) is 0 Å². The summed E-state index contributed by atoms with van der Waals surface area (Å²) in [5.74, 6) is 0.842. The third-order valence-electron chi connectivity index (χ3n) is 4.23. The largest absolute Gasteiger partial charge is 0.370 e. The fourth-order valence-corrected chi connectivity index (χ4v) is 3.04. The predicted octanol–water partition coefficient (Wildman–Crippen LogP) is 3.60. The summed E-state index contributed by atoms with van der Waals surface area (Å²) in [6.45, 7) is 0.794. The van der Waals surface area contributed by atoms with Crippen LogP contribution in [0.2, 0.25) is 0 Å². The van der Waals surface area contributed by atoms with Crippen LogP contribution in [0.3, 0.4) is 0 Å². The molecule has 0 saturated carbocycles. The molecule has 0 spiro atoms. The molecular weight excluding hydrogens is 302 g/mol. The molecule has 1 aliphatic heterocycles. The van der Waals surface area contributed by atoms with E-state index in [2.05, 4.69) is 15.3 Å². The highest BCUT2D eigenvalue weighted by atomic mass is 16.5. The number of amides is 1. The number of nitrogens with one attached hydrogen (secondary N) is 2. The average molecular weight is 321 g/mol. The highest BCUT2D eigenvalue weighted by Crippen LogP contribution is 2.28. The van der Waals surface area contributed by atoms with Gasteiger partial charge in [-0.2, -0.15) is 0 Å². The molecule has 1 fully saturated rings. The van der Waals surface area contributed by atoms with Crippen LogP contribution in [0.25, 0.3) is 11.0 Å². The third-order valence-corrected chi connectivity index (χ3v) is 4.23. The molecule has 0 radical (unpaired) electrons. The minimum Gasteiger partial charge on any atom is -0.370 e. The molecule has 1 saturated heterocycles. The van der Waals surface area contributed by atoms with Crippen molar-refractivity contribution in [2.45, 2.75) is 25.4 Å². The number of hydrogen-bond acceptors (Lipinski definition) is 3. The van der Waals surface area contributed by atoms with E-state index in [4.69, 9.17) is 4.74 Å². The second kappa shape index (κ2) is 6.45. The maximum absolute atomic E-state index is 12.2. The van der Waals surface area contributed by atoms with Gasteiger partial charge in [0.15, 0.2) is 0 Å². The fraction of sp³-hybridized carbons (Fsp3) is 0.263. The van der Waals surface area contributed by atoms with E-state index in [0.717, 1.165) is 47.6 Å². The number of anilines is 1. The van der Waals surface area contributed by atoms with E-state index in [9.17, 15) is 4.79 Å². The van der Waals surface area contributed by atoms with Crippen LogP contribution in [-0.4, -0.2) is 22.5 Å². The lowest BCUT2D eigenvalue weighted by Crippen LogP contribution is -2.14. The van der Waals surface area contributed by atoms with Crippen molar-refractivity contribution in [2.24, 2.45) is 0 Å². The summed E-state index contributed by atoms with van der Waals surface area (Å²) < 4.78 is 5.67. The summed E-state index contributed by atoms with van der Waals surface area (Å²) in [6, 6.07) is 15.4. The number of fused-ring (bicyclic) bond motifs is 1. The molecule has 1 amide bonds. The Hall–Kier alpha value is -2.66. The highest BCUT2D eigenvalue weighted by Gasteiger charge is 2.21. The van der Waals surface area contributed by atoms with Gasteiger partial charge in [0.1, 0.15) is 11.9 Å². The average Bonchev–Trinajstić information content (AvgIpc) is 3.24. The Morgan fingerprint density at radius 1 is 1.25 bits per heavy atom. The van der Waals surface area contributed by atoms with Gasteiger partial charge in [-0.05, 0) is 36.6 Å². The topological polar surface area (TPSA) is 67.0 Å². The van der Waals surface area contributed by atoms with Gasteiger partial charge in [0.25, 0.3) is 0 Å². The van der Waals surface area contributed by atoms with Gasteiger partial charge in [0, 0.05) is 12.3 Å². The summed E-state index contributed by atoms with van der Waals surface area (Å²) >= 11 is 0. The number of carbonyl (C=O) groups excluding carboxylic acids is 1. The number of aromatic amines is 1. The van der Waals surface area contributed by atoms with E-state index in [1.807, 2.05) is 48.5 Å². The summed E-state index contributed by atoms with van der Waals surface area (Å²) in [5, 5.41) is 2.94. The minimum atomic E-state index is -0.0283. The van der Waals surface area contributed by atoms with Crippen molar-refractivity contribution < 1.29 is 9.53 Å². The number of ether oxygens (including phenoxy) is 1. The van der Waals surface area contributed by atoms with Crippen LogP contribution < -0.4 is 5.32 Å². The monoisotopic (exact) mass is 321 g/mol. The van der Waals surface area contributed by atoms with Crippen molar-refractivity contribution in [3.8, 4) is 0 Å². The van der Waals surface area contributed by atoms with Gasteiger partial charge in [-0.25, -0.2) is 4.98 Å². The van der Waals surface area contributed by atoms with Crippen molar-refractivity contribution in [3.63, 3.8) is 0 Å². The van der Waals surface area contributed by atoms with Crippen LogP contribution >= 0.6 is 0 Å². The molecule has 4 rings (SSSR count). The maximum atomic E-state index is 12.2. The van der Waals surface area contributed by atoms with Gasteiger partial charge in [-0.3, -0.25) is 4.79 Å². The molecule has 0 aliphatic carbocycles. The Balaban J connectivity index is 1.49. The molecular formula is C19H19N3O2. The zero-order valence-electron chi connectivity index (χ0n) is 13.3. The molecule has 1 aliphatic rings. The third kappa shape index (κ3) is 3.16. The first kappa shape index (κ1) is 14.9. The molecule has 122 valence electrons. The van der Waals surface area contributed by atoms with E-state index in [1.165, 1.54) is 0 Å². The lowest BCUT2D eigenvalue weighted by molar-refractivity contribution is -0.115. The first-order valence-corrected chi connectivity index (χ1v) is 8.23. The zero-order valence-corrected chi connectivity index (χ0v) is 13.3. The number of aromatic nitrogens is 2. The van der Waals surface area contributed by atoms with Crippen molar-refractivity contribution in [2.75, 3.05) is 11.9 Å². The number of carbonyl (C=O) groups is 1. The number of benzene rings is 2. The van der Waals surface area contributed by atoms with Crippen LogP contribution in [0.4, 0.5) is 5.69 Å². The number of nitrogens with zero attached hydrogens (tertiary/aromatic N) is 1. The van der Waals surface area contributed by atoms with Gasteiger partial charge in [-0.1, -0.05) is 30.3 Å². The van der Waals surface area contributed by atoms with E-state index < -0.39 is 0 Å². The van der Waals surface area contributed by atoms with Crippen LogP contribution in [0, 0.1) is 0 Å². The molecule has 5 heteroatoms. The van der Waals surface area contributed by atoms with Gasteiger partial charge >= 0.3 is 0 Å². The number of hydrogen-bond donors (Lipinski definition) is 2. The molecule has 0 unspecified atom stereocenters. The fourth-order valence-electron chi connectivity index (χ4n) is 3.04. The molecule has 2 N–H and O–H groups in total. The molecule has 24 heavy (non-hydrogen) atoms. The van der Waals surface area contributed by atoms with Crippen molar-refractivity contribution in [3.05, 3.63) is 59.9 Å². The Kier molecular flexibility index (Phi) is 4.01. The lowest BCUT2D eigenvalue weighted by Gasteiger charge is -2.05. The number of H-pyrrole nitrogens is 1. The maximum Gasteiger partial charge on any atom is 0.228 e. The molecule has 2 heterocycles. The summed E-state index contributed by atoms with van der Waals surface area (Å²) in [4.78, 5) is 20.1. The first-order valence-electron chi connectivity index (χ1n) is 8.23. The lowest BCUT2D eigenvalue weighted by atomic mass is 10.1. The summed E-state index contributed by atoms with van der Waals surface area (Å²) in [5.41, 5.74) is 3.57. The second-order valence-electron chi connectivity index (χ2n) is 6.07. The first-order chi connectivity index (χ1) is 11.8. The van der Waals surface area contributed by atoms with E-state index in [0.29, 0.717) is 6.42 Å². The molecule has 5 nitrogen and oxygen atoms in total. The molecule has 1 aromatic heterocycles. The second-order valence-corrected chi connectivity index (χ2v) is 6.07. The van der Waals surface area contributed by atoms with Crippen LogP contribution in [0.5, 0.6) is 0 Å². The van der Waals surface area contributed by atoms with Gasteiger partial charge < -0.3 is 15.0 Å². The molecule has 1 atom stereocenters. The molecule has 0 bridgehead atoms. The number of rotatable bonds is 4. The summed E-state index contributed by atoms with van der Waals surface area (Å²) in [7, 11) is 0. The Morgan fingerprint density at radius 2 is 2.12 bits per heavy atom. The van der Waals surface area contributed by atoms with Gasteiger partial charge in [0.2, 0.25) is 5.91 Å². The Labute approximate surface area is 140 Å². The van der Waals surface area contributed by atoms with Crippen molar-refractivity contribution in [1.29, 1.82) is 0 Å². The Morgan fingerprint density at radius 3 is 2.92 bits per heavy atom. The Bertz CT molecular complexity index is 851. The smallest absolute Gasteiger partial charge is 0.228 e. The van der Waals surface area contributed by atoms with Crippen molar-refractivity contribution >= 4 is 22.6 Å². The molecule has 2 aromatic carbocycles. The summed E-state index contributed by atoms with van der Waals surface area (Å²) in [6.07, 6.45) is 2.50. The van der Waals surface area contributed by atoms with E-state index >= 15 is 0 Å².